The van der Waals surface area contributed by atoms with Gasteiger partial charge in [-0.05, 0) is 25.1 Å². The van der Waals surface area contributed by atoms with E-state index < -0.39 is 15.8 Å². The van der Waals surface area contributed by atoms with E-state index in [9.17, 15) is 12.8 Å². The molecule has 0 heterocycles. The maximum absolute atomic E-state index is 12.7. The summed E-state index contributed by atoms with van der Waals surface area (Å²) in [5.74, 6) is -0.617. The van der Waals surface area contributed by atoms with E-state index >= 15 is 0 Å². The van der Waals surface area contributed by atoms with Gasteiger partial charge < -0.3 is 0 Å². The van der Waals surface area contributed by atoms with Crippen LogP contribution in [0.3, 0.4) is 0 Å². The Morgan fingerprint density at radius 2 is 2.14 bits per heavy atom. The van der Waals surface area contributed by atoms with E-state index in [0.29, 0.717) is 0 Å². The summed E-state index contributed by atoms with van der Waals surface area (Å²) in [5, 5.41) is -0.110. The Morgan fingerprint density at radius 3 is 2.64 bits per heavy atom. The predicted molar refractivity (Wildman–Crippen MR) is 54.5 cm³/mol. The highest BCUT2D eigenvalue weighted by atomic mass is 35.5. The topological polar surface area (TPSA) is 46.2 Å². The van der Waals surface area contributed by atoms with E-state index in [1.807, 2.05) is 0 Å². The number of hydrogen-bond donors (Lipinski definition) is 1. The van der Waals surface area contributed by atoms with Gasteiger partial charge in [-0.3, -0.25) is 4.72 Å². The van der Waals surface area contributed by atoms with Crippen molar-refractivity contribution in [2.75, 3.05) is 10.5 Å². The predicted octanol–water partition coefficient (Wildman–Crippen LogP) is 2.24. The average Bonchev–Trinajstić information content (AvgIpc) is 2.11. The van der Waals surface area contributed by atoms with Crippen LogP contribution in [0.2, 0.25) is 5.02 Å². The monoisotopic (exact) mass is 237 g/mol. The van der Waals surface area contributed by atoms with Crippen LogP contribution in [0.1, 0.15) is 6.92 Å². The first kappa shape index (κ1) is 11.3. The van der Waals surface area contributed by atoms with Crippen LogP contribution in [-0.4, -0.2) is 14.2 Å². The Hall–Kier alpha value is -0.810. The van der Waals surface area contributed by atoms with E-state index in [4.69, 9.17) is 11.6 Å². The molecular formula is C8H9ClFNO2S. The highest BCUT2D eigenvalue weighted by molar-refractivity contribution is 7.92. The summed E-state index contributed by atoms with van der Waals surface area (Å²) in [6.07, 6.45) is 0. The van der Waals surface area contributed by atoms with E-state index in [1.54, 1.807) is 0 Å². The lowest BCUT2D eigenvalue weighted by Crippen LogP contribution is -2.14. The molecule has 3 nitrogen and oxygen atoms in total. The van der Waals surface area contributed by atoms with Gasteiger partial charge in [0.05, 0.1) is 16.5 Å². The van der Waals surface area contributed by atoms with Crippen LogP contribution in [-0.2, 0) is 10.0 Å². The SMILES string of the molecule is CCS(=O)(=O)Nc1ccc(F)c(Cl)c1. The van der Waals surface area contributed by atoms with Gasteiger partial charge in [0, 0.05) is 0 Å². The van der Waals surface area contributed by atoms with E-state index in [2.05, 4.69) is 4.72 Å². The Labute approximate surface area is 86.9 Å². The summed E-state index contributed by atoms with van der Waals surface area (Å²) in [4.78, 5) is 0. The Morgan fingerprint density at radius 1 is 1.50 bits per heavy atom. The van der Waals surface area contributed by atoms with Gasteiger partial charge in [0.15, 0.2) is 0 Å². The van der Waals surface area contributed by atoms with Crippen molar-refractivity contribution in [3.8, 4) is 0 Å². The van der Waals surface area contributed by atoms with Crippen molar-refractivity contribution in [2.24, 2.45) is 0 Å². The average molecular weight is 238 g/mol. The van der Waals surface area contributed by atoms with Crippen LogP contribution in [0.15, 0.2) is 18.2 Å². The second-order valence-corrected chi connectivity index (χ2v) is 5.05. The molecule has 0 unspecified atom stereocenters. The van der Waals surface area contributed by atoms with Gasteiger partial charge in [-0.15, -0.1) is 0 Å². The van der Waals surface area contributed by atoms with E-state index in [1.165, 1.54) is 19.1 Å². The number of sulfonamides is 1. The molecular weight excluding hydrogens is 229 g/mol. The molecule has 0 bridgehead atoms. The largest absolute Gasteiger partial charge is 0.284 e. The molecule has 0 atom stereocenters. The maximum atomic E-state index is 12.7. The van der Waals surface area contributed by atoms with Crippen molar-refractivity contribution < 1.29 is 12.8 Å². The molecule has 0 spiro atoms. The third-order valence-corrected chi connectivity index (χ3v) is 3.17. The van der Waals surface area contributed by atoms with Crippen molar-refractivity contribution in [1.29, 1.82) is 0 Å². The molecule has 0 radical (unpaired) electrons. The molecule has 0 saturated carbocycles. The molecule has 0 aliphatic rings. The van der Waals surface area contributed by atoms with Gasteiger partial charge in [-0.25, -0.2) is 12.8 Å². The summed E-state index contributed by atoms with van der Waals surface area (Å²) in [6, 6.07) is 3.65. The van der Waals surface area contributed by atoms with Crippen LogP contribution in [0.5, 0.6) is 0 Å². The van der Waals surface area contributed by atoms with Crippen LogP contribution >= 0.6 is 11.6 Å². The zero-order chi connectivity index (χ0) is 10.8. The summed E-state index contributed by atoms with van der Waals surface area (Å²) in [7, 11) is -3.33. The normalized spacial score (nSPS) is 11.4. The van der Waals surface area contributed by atoms with Gasteiger partial charge in [-0.1, -0.05) is 11.6 Å². The molecule has 78 valence electrons. The summed E-state index contributed by atoms with van der Waals surface area (Å²) >= 11 is 5.48. The van der Waals surface area contributed by atoms with E-state index in [-0.39, 0.29) is 16.5 Å². The molecule has 0 amide bonds. The van der Waals surface area contributed by atoms with Crippen molar-refractivity contribution in [3.63, 3.8) is 0 Å². The first-order valence-electron chi connectivity index (χ1n) is 3.90. The molecule has 1 rings (SSSR count). The highest BCUT2D eigenvalue weighted by Crippen LogP contribution is 2.19. The minimum absolute atomic E-state index is 0.0397. The third-order valence-electron chi connectivity index (χ3n) is 1.57. The van der Waals surface area contributed by atoms with Gasteiger partial charge in [0.1, 0.15) is 5.82 Å². The molecule has 1 aromatic rings. The summed E-state index contributed by atoms with van der Waals surface area (Å²) in [5.41, 5.74) is 0.262. The van der Waals surface area contributed by atoms with Crippen LogP contribution < -0.4 is 4.72 Å². The van der Waals surface area contributed by atoms with E-state index in [0.717, 1.165) is 6.07 Å². The Bertz CT molecular complexity index is 433. The first-order chi connectivity index (χ1) is 6.44. The molecule has 0 saturated heterocycles. The Kier molecular flexibility index (Phi) is 3.34. The second-order valence-electron chi connectivity index (χ2n) is 2.63. The molecule has 14 heavy (non-hydrogen) atoms. The quantitative estimate of drug-likeness (QED) is 0.877. The summed E-state index contributed by atoms with van der Waals surface area (Å²) in [6.45, 7) is 1.51. The zero-order valence-electron chi connectivity index (χ0n) is 7.42. The number of halogens is 2. The number of hydrogen-bond acceptors (Lipinski definition) is 2. The fourth-order valence-corrected chi connectivity index (χ4v) is 1.62. The molecule has 1 aromatic carbocycles. The fraction of sp³-hybridized carbons (Fsp3) is 0.250. The lowest BCUT2D eigenvalue weighted by Gasteiger charge is -2.05. The first-order valence-corrected chi connectivity index (χ1v) is 5.93. The molecule has 0 aliphatic heterocycles. The number of anilines is 1. The molecule has 1 N–H and O–H groups in total. The second kappa shape index (κ2) is 4.14. The van der Waals surface area contributed by atoms with Crippen molar-refractivity contribution in [2.45, 2.75) is 6.92 Å². The van der Waals surface area contributed by atoms with Crippen LogP contribution in [0.25, 0.3) is 0 Å². The third kappa shape index (κ3) is 2.85. The molecule has 0 aliphatic carbocycles. The number of rotatable bonds is 3. The molecule has 0 aromatic heterocycles. The standard InChI is InChI=1S/C8H9ClFNO2S/c1-2-14(12,13)11-6-3-4-8(10)7(9)5-6/h3-5,11H,2H2,1H3. The summed E-state index contributed by atoms with van der Waals surface area (Å²) < 4.78 is 37.2. The minimum Gasteiger partial charge on any atom is -0.284 e. The molecule has 0 fully saturated rings. The zero-order valence-corrected chi connectivity index (χ0v) is 8.99. The number of nitrogens with one attached hydrogen (secondary N) is 1. The maximum Gasteiger partial charge on any atom is 0.232 e. The fourth-order valence-electron chi connectivity index (χ4n) is 0.811. The van der Waals surface area contributed by atoms with Crippen molar-refractivity contribution in [1.82, 2.24) is 0 Å². The van der Waals surface area contributed by atoms with Gasteiger partial charge in [0.2, 0.25) is 10.0 Å². The molecule has 6 heteroatoms. The number of benzene rings is 1. The Balaban J connectivity index is 2.94. The van der Waals surface area contributed by atoms with Crippen molar-refractivity contribution in [3.05, 3.63) is 29.0 Å². The van der Waals surface area contributed by atoms with Gasteiger partial charge in [-0.2, -0.15) is 0 Å². The van der Waals surface area contributed by atoms with Crippen LogP contribution in [0, 0.1) is 5.82 Å². The van der Waals surface area contributed by atoms with Crippen molar-refractivity contribution >= 4 is 27.3 Å². The lowest BCUT2D eigenvalue weighted by molar-refractivity contribution is 0.602. The lowest BCUT2D eigenvalue weighted by atomic mass is 10.3. The highest BCUT2D eigenvalue weighted by Gasteiger charge is 2.08. The van der Waals surface area contributed by atoms with Gasteiger partial charge >= 0.3 is 0 Å². The smallest absolute Gasteiger partial charge is 0.232 e. The van der Waals surface area contributed by atoms with Crippen LogP contribution in [0.4, 0.5) is 10.1 Å². The van der Waals surface area contributed by atoms with Gasteiger partial charge in [0.25, 0.3) is 0 Å². The minimum atomic E-state index is -3.33.